The zero-order valence-corrected chi connectivity index (χ0v) is 8.09. The van der Waals surface area contributed by atoms with Crippen molar-refractivity contribution in [2.45, 2.75) is 6.92 Å². The van der Waals surface area contributed by atoms with Crippen molar-refractivity contribution in [1.29, 1.82) is 0 Å². The van der Waals surface area contributed by atoms with Crippen LogP contribution in [0.2, 0.25) is 5.02 Å². The van der Waals surface area contributed by atoms with E-state index in [0.29, 0.717) is 15.9 Å². The summed E-state index contributed by atoms with van der Waals surface area (Å²) in [7, 11) is 0. The Balaban J connectivity index is 2.85. The summed E-state index contributed by atoms with van der Waals surface area (Å²) < 4.78 is 0. The number of hydrogen-bond donors (Lipinski definition) is 2. The van der Waals surface area contributed by atoms with E-state index in [1.54, 1.807) is 12.1 Å². The quantitative estimate of drug-likeness (QED) is 0.759. The standard InChI is InChI=1S/C9H7ClN2O2/c1-4-2-5(10)3-6-7(4)11-12-8(6)9(13)14/h2-3H,1H3,(H,11,12)(H,13,14). The lowest BCUT2D eigenvalue weighted by Gasteiger charge is -1.96. The highest BCUT2D eigenvalue weighted by Gasteiger charge is 2.13. The number of nitrogens with zero attached hydrogens (tertiary/aromatic N) is 1. The summed E-state index contributed by atoms with van der Waals surface area (Å²) in [4.78, 5) is 10.8. The summed E-state index contributed by atoms with van der Waals surface area (Å²) in [6.07, 6.45) is 0. The maximum atomic E-state index is 10.8. The van der Waals surface area contributed by atoms with Crippen molar-refractivity contribution in [2.24, 2.45) is 0 Å². The van der Waals surface area contributed by atoms with E-state index >= 15 is 0 Å². The molecule has 0 spiro atoms. The maximum Gasteiger partial charge on any atom is 0.354 e. The van der Waals surface area contributed by atoms with Crippen molar-refractivity contribution in [2.75, 3.05) is 0 Å². The number of carbonyl (C=O) groups is 1. The number of halogens is 1. The highest BCUT2D eigenvalue weighted by Crippen LogP contribution is 2.24. The number of aromatic amines is 1. The summed E-state index contributed by atoms with van der Waals surface area (Å²) >= 11 is 5.82. The van der Waals surface area contributed by atoms with E-state index in [1.165, 1.54) is 0 Å². The Morgan fingerprint density at radius 1 is 1.57 bits per heavy atom. The van der Waals surface area contributed by atoms with Gasteiger partial charge in [-0.3, -0.25) is 5.10 Å². The fourth-order valence-electron chi connectivity index (χ4n) is 1.41. The summed E-state index contributed by atoms with van der Waals surface area (Å²) in [5, 5.41) is 16.3. The molecule has 0 fully saturated rings. The maximum absolute atomic E-state index is 10.8. The van der Waals surface area contributed by atoms with Gasteiger partial charge in [0.25, 0.3) is 0 Å². The Kier molecular flexibility index (Phi) is 1.93. The van der Waals surface area contributed by atoms with Gasteiger partial charge in [-0.25, -0.2) is 4.79 Å². The van der Waals surface area contributed by atoms with E-state index in [9.17, 15) is 4.79 Å². The first-order valence-corrected chi connectivity index (χ1v) is 4.35. The number of benzene rings is 1. The third-order valence-corrected chi connectivity index (χ3v) is 2.25. The first-order chi connectivity index (χ1) is 6.59. The molecule has 1 heterocycles. The van der Waals surface area contributed by atoms with Gasteiger partial charge in [0.1, 0.15) is 0 Å². The first kappa shape index (κ1) is 9.02. The van der Waals surface area contributed by atoms with Gasteiger partial charge in [0.15, 0.2) is 5.69 Å². The van der Waals surface area contributed by atoms with E-state index in [2.05, 4.69) is 10.2 Å². The molecule has 2 aromatic rings. The Morgan fingerprint density at radius 3 is 2.93 bits per heavy atom. The van der Waals surface area contributed by atoms with E-state index in [0.717, 1.165) is 5.56 Å². The monoisotopic (exact) mass is 210 g/mol. The smallest absolute Gasteiger partial charge is 0.354 e. The van der Waals surface area contributed by atoms with E-state index in [1.807, 2.05) is 6.92 Å². The molecule has 72 valence electrons. The highest BCUT2D eigenvalue weighted by atomic mass is 35.5. The molecule has 2 rings (SSSR count). The number of rotatable bonds is 1. The third kappa shape index (κ3) is 1.24. The molecule has 0 unspecified atom stereocenters. The molecule has 0 aliphatic rings. The van der Waals surface area contributed by atoms with Crippen molar-refractivity contribution < 1.29 is 9.90 Å². The topological polar surface area (TPSA) is 66.0 Å². The second-order valence-electron chi connectivity index (χ2n) is 3.02. The SMILES string of the molecule is Cc1cc(Cl)cc2c(C(=O)O)[nH]nc12. The van der Waals surface area contributed by atoms with Crippen LogP contribution >= 0.6 is 11.6 Å². The lowest BCUT2D eigenvalue weighted by Crippen LogP contribution is -1.96. The summed E-state index contributed by atoms with van der Waals surface area (Å²) in [6, 6.07) is 3.34. The number of nitrogens with one attached hydrogen (secondary N) is 1. The number of aromatic carboxylic acids is 1. The van der Waals surface area contributed by atoms with Crippen molar-refractivity contribution in [3.05, 3.63) is 28.4 Å². The van der Waals surface area contributed by atoms with Crippen LogP contribution in [0.1, 0.15) is 16.1 Å². The van der Waals surface area contributed by atoms with Crippen molar-refractivity contribution >= 4 is 28.5 Å². The fourth-order valence-corrected chi connectivity index (χ4v) is 1.68. The van der Waals surface area contributed by atoms with Gasteiger partial charge in [0.05, 0.1) is 5.52 Å². The van der Waals surface area contributed by atoms with Crippen LogP contribution in [0.25, 0.3) is 10.9 Å². The molecule has 14 heavy (non-hydrogen) atoms. The van der Waals surface area contributed by atoms with Gasteiger partial charge in [-0.05, 0) is 24.6 Å². The summed E-state index contributed by atoms with van der Waals surface area (Å²) in [5.41, 5.74) is 1.58. The molecule has 0 atom stereocenters. The van der Waals surface area contributed by atoms with E-state index < -0.39 is 5.97 Å². The first-order valence-electron chi connectivity index (χ1n) is 3.97. The molecule has 0 saturated carbocycles. The molecule has 1 aromatic heterocycles. The molecular formula is C9H7ClN2O2. The minimum absolute atomic E-state index is 0.0746. The van der Waals surface area contributed by atoms with Crippen LogP contribution in [-0.2, 0) is 0 Å². The van der Waals surface area contributed by atoms with Crippen LogP contribution in [0.3, 0.4) is 0 Å². The van der Waals surface area contributed by atoms with Crippen LogP contribution in [0, 0.1) is 6.92 Å². The van der Waals surface area contributed by atoms with Crippen molar-refractivity contribution in [1.82, 2.24) is 10.2 Å². The van der Waals surface area contributed by atoms with E-state index in [-0.39, 0.29) is 5.69 Å². The molecular weight excluding hydrogens is 204 g/mol. The Morgan fingerprint density at radius 2 is 2.29 bits per heavy atom. The molecule has 0 aliphatic heterocycles. The Bertz CT molecular complexity index is 519. The fraction of sp³-hybridized carbons (Fsp3) is 0.111. The van der Waals surface area contributed by atoms with Gasteiger partial charge in [-0.15, -0.1) is 0 Å². The van der Waals surface area contributed by atoms with Gasteiger partial charge in [-0.1, -0.05) is 11.6 Å². The van der Waals surface area contributed by atoms with Gasteiger partial charge in [-0.2, -0.15) is 5.10 Å². The van der Waals surface area contributed by atoms with Gasteiger partial charge >= 0.3 is 5.97 Å². The molecule has 5 heteroatoms. The predicted molar refractivity (Wildman–Crippen MR) is 52.8 cm³/mol. The normalized spacial score (nSPS) is 10.7. The summed E-state index contributed by atoms with van der Waals surface area (Å²) in [6.45, 7) is 1.83. The van der Waals surface area contributed by atoms with Gasteiger partial charge in [0, 0.05) is 10.4 Å². The highest BCUT2D eigenvalue weighted by molar-refractivity contribution is 6.31. The zero-order valence-electron chi connectivity index (χ0n) is 7.34. The molecule has 0 aliphatic carbocycles. The lowest BCUT2D eigenvalue weighted by atomic mass is 10.1. The van der Waals surface area contributed by atoms with Crippen LogP contribution in [0.4, 0.5) is 0 Å². The van der Waals surface area contributed by atoms with Crippen molar-refractivity contribution in [3.8, 4) is 0 Å². The molecule has 0 saturated heterocycles. The Labute approximate surface area is 84.5 Å². The van der Waals surface area contributed by atoms with Crippen molar-refractivity contribution in [3.63, 3.8) is 0 Å². The predicted octanol–water partition coefficient (Wildman–Crippen LogP) is 2.22. The minimum Gasteiger partial charge on any atom is -0.477 e. The van der Waals surface area contributed by atoms with Crippen LogP contribution in [0.15, 0.2) is 12.1 Å². The lowest BCUT2D eigenvalue weighted by molar-refractivity contribution is 0.0692. The number of aryl methyl sites for hydroxylation is 1. The third-order valence-electron chi connectivity index (χ3n) is 2.03. The number of carboxylic acid groups (broad SMARTS) is 1. The molecule has 4 nitrogen and oxygen atoms in total. The van der Waals surface area contributed by atoms with E-state index in [4.69, 9.17) is 16.7 Å². The Hall–Kier alpha value is -1.55. The second kappa shape index (κ2) is 2.99. The van der Waals surface area contributed by atoms with Crippen LogP contribution in [0.5, 0.6) is 0 Å². The largest absolute Gasteiger partial charge is 0.477 e. The number of carboxylic acids is 1. The number of aromatic nitrogens is 2. The summed E-state index contributed by atoms with van der Waals surface area (Å²) in [5.74, 6) is -1.03. The molecule has 0 bridgehead atoms. The second-order valence-corrected chi connectivity index (χ2v) is 3.46. The number of hydrogen-bond acceptors (Lipinski definition) is 2. The van der Waals surface area contributed by atoms with Gasteiger partial charge < -0.3 is 5.11 Å². The average molecular weight is 211 g/mol. The molecule has 1 aromatic carbocycles. The molecule has 0 amide bonds. The van der Waals surface area contributed by atoms with Crippen LogP contribution < -0.4 is 0 Å². The number of H-pyrrole nitrogens is 1. The van der Waals surface area contributed by atoms with Gasteiger partial charge in [0.2, 0.25) is 0 Å². The molecule has 0 radical (unpaired) electrons. The zero-order chi connectivity index (χ0) is 10.3. The van der Waals surface area contributed by atoms with Crippen LogP contribution in [-0.4, -0.2) is 21.3 Å². The minimum atomic E-state index is -1.03. The average Bonchev–Trinajstić information content (AvgIpc) is 2.47. The number of fused-ring (bicyclic) bond motifs is 1. The molecule has 2 N–H and O–H groups in total.